The Labute approximate surface area is 129 Å². The van der Waals surface area contributed by atoms with E-state index in [9.17, 15) is 13.2 Å². The number of aryl methyl sites for hydroxylation is 1. The van der Waals surface area contributed by atoms with Crippen LogP contribution in [0.3, 0.4) is 0 Å². The largest absolute Gasteiger partial charge is 0.391 e. The van der Waals surface area contributed by atoms with Crippen molar-refractivity contribution in [3.8, 4) is 0 Å². The number of nitrogens with zero attached hydrogens (tertiary/aromatic N) is 2. The first-order chi connectivity index (χ1) is 8.47. The summed E-state index contributed by atoms with van der Waals surface area (Å²) in [6.07, 6.45) is -3.13. The summed E-state index contributed by atoms with van der Waals surface area (Å²) in [4.78, 5) is 1.92. The van der Waals surface area contributed by atoms with E-state index in [0.717, 1.165) is 18.8 Å². The lowest BCUT2D eigenvalue weighted by atomic mass is 10.1. The topological polar surface area (TPSA) is 20.2 Å². The second-order valence-electron chi connectivity index (χ2n) is 4.67. The maximum Gasteiger partial charge on any atom is 0.391 e. The van der Waals surface area contributed by atoms with Gasteiger partial charge in [-0.1, -0.05) is 0 Å². The molecule has 0 aliphatic carbocycles. The first kappa shape index (κ1) is 19.6. The predicted molar refractivity (Wildman–Crippen MR) is 77.8 cm³/mol. The molecule has 1 aliphatic rings. The molecule has 1 saturated heterocycles. The molecule has 1 aromatic heterocycles. The molecule has 0 spiro atoms. The quantitative estimate of drug-likeness (QED) is 0.917. The molecule has 0 aromatic carbocycles. The number of halogens is 5. The van der Waals surface area contributed by atoms with Crippen LogP contribution in [0, 0.1) is 0 Å². The lowest BCUT2D eigenvalue weighted by molar-refractivity contribution is -0.149. The van der Waals surface area contributed by atoms with Crippen molar-refractivity contribution in [1.82, 2.24) is 14.8 Å². The fraction of sp³-hybridized carbons (Fsp3) is 0.667. The molecule has 8 heteroatoms. The van der Waals surface area contributed by atoms with Crippen LogP contribution in [0.2, 0.25) is 0 Å². The summed E-state index contributed by atoms with van der Waals surface area (Å²) in [6.45, 7) is 2.81. The molecule has 0 bridgehead atoms. The Bertz CT molecular complexity index is 390. The molecule has 20 heavy (non-hydrogen) atoms. The second kappa shape index (κ2) is 8.12. The van der Waals surface area contributed by atoms with Crippen molar-refractivity contribution in [2.45, 2.75) is 18.6 Å². The second-order valence-corrected chi connectivity index (χ2v) is 4.67. The van der Waals surface area contributed by atoms with Gasteiger partial charge in [0.25, 0.3) is 0 Å². The van der Waals surface area contributed by atoms with Crippen LogP contribution >= 0.6 is 24.8 Å². The highest BCUT2D eigenvalue weighted by molar-refractivity contribution is 5.85. The van der Waals surface area contributed by atoms with E-state index in [0.29, 0.717) is 13.1 Å². The maximum atomic E-state index is 12.7. The standard InChI is InChI=1S/C12H18F3N3.2ClH/c1-17-6-2-3-10(17)11(9-12(13,14)15)18-7-4-16-5-8-18;;/h2-3,6,11,16H,4-5,7-9H2,1H3;2*1H/t11-;;/m1../s1. The molecule has 1 aromatic rings. The van der Waals surface area contributed by atoms with Crippen LogP contribution in [-0.4, -0.2) is 41.8 Å². The molecule has 0 amide bonds. The van der Waals surface area contributed by atoms with Gasteiger partial charge in [0.2, 0.25) is 0 Å². The molecule has 1 N–H and O–H groups in total. The molecule has 1 atom stereocenters. The lowest BCUT2D eigenvalue weighted by Gasteiger charge is -2.35. The van der Waals surface area contributed by atoms with Crippen molar-refractivity contribution >= 4 is 24.8 Å². The minimum atomic E-state index is -4.14. The van der Waals surface area contributed by atoms with E-state index in [4.69, 9.17) is 0 Å². The van der Waals surface area contributed by atoms with Crippen molar-refractivity contribution in [3.05, 3.63) is 24.0 Å². The van der Waals surface area contributed by atoms with Crippen LogP contribution < -0.4 is 5.32 Å². The van der Waals surface area contributed by atoms with Gasteiger partial charge in [-0.05, 0) is 12.1 Å². The normalized spacial score (nSPS) is 18.0. The first-order valence-corrected chi connectivity index (χ1v) is 6.10. The van der Waals surface area contributed by atoms with Gasteiger partial charge in [0.1, 0.15) is 0 Å². The number of piperazine rings is 1. The predicted octanol–water partition coefficient (Wildman–Crippen LogP) is 2.77. The van der Waals surface area contributed by atoms with Crippen LogP contribution in [0.4, 0.5) is 13.2 Å². The van der Waals surface area contributed by atoms with Gasteiger partial charge in [-0.3, -0.25) is 4.90 Å². The van der Waals surface area contributed by atoms with Gasteiger partial charge in [-0.15, -0.1) is 24.8 Å². The molecular weight excluding hydrogens is 314 g/mol. The highest BCUT2D eigenvalue weighted by atomic mass is 35.5. The number of rotatable bonds is 3. The van der Waals surface area contributed by atoms with Gasteiger partial charge in [0, 0.05) is 45.1 Å². The van der Waals surface area contributed by atoms with Gasteiger partial charge >= 0.3 is 6.18 Å². The number of nitrogens with one attached hydrogen (secondary N) is 1. The van der Waals surface area contributed by atoms with Crippen molar-refractivity contribution in [3.63, 3.8) is 0 Å². The van der Waals surface area contributed by atoms with Gasteiger partial charge in [0.15, 0.2) is 0 Å². The van der Waals surface area contributed by atoms with Gasteiger partial charge in [-0.25, -0.2) is 0 Å². The van der Waals surface area contributed by atoms with E-state index in [2.05, 4.69) is 5.32 Å². The fourth-order valence-corrected chi connectivity index (χ4v) is 2.45. The number of hydrogen-bond donors (Lipinski definition) is 1. The highest BCUT2D eigenvalue weighted by Gasteiger charge is 2.36. The SMILES string of the molecule is Cl.Cl.Cn1cccc1[C@@H](CC(F)(F)F)N1CCNCC1. The van der Waals surface area contributed by atoms with Crippen molar-refractivity contribution in [2.75, 3.05) is 26.2 Å². The number of hydrogen-bond acceptors (Lipinski definition) is 2. The maximum absolute atomic E-state index is 12.7. The van der Waals surface area contributed by atoms with Gasteiger partial charge in [-0.2, -0.15) is 13.2 Å². The summed E-state index contributed by atoms with van der Waals surface area (Å²) in [5, 5.41) is 3.16. The summed E-state index contributed by atoms with van der Waals surface area (Å²) < 4.78 is 40.0. The molecule has 1 fully saturated rings. The third kappa shape index (κ3) is 5.16. The molecule has 3 nitrogen and oxygen atoms in total. The number of alkyl halides is 3. The van der Waals surface area contributed by atoms with E-state index < -0.39 is 18.6 Å². The zero-order valence-corrected chi connectivity index (χ0v) is 12.8. The third-order valence-corrected chi connectivity index (χ3v) is 3.34. The summed E-state index contributed by atoms with van der Waals surface area (Å²) in [5.74, 6) is 0. The van der Waals surface area contributed by atoms with Crippen LogP contribution in [0.1, 0.15) is 18.2 Å². The van der Waals surface area contributed by atoms with E-state index in [1.807, 2.05) is 4.90 Å². The third-order valence-electron chi connectivity index (χ3n) is 3.34. The molecule has 2 rings (SSSR count). The summed E-state index contributed by atoms with van der Waals surface area (Å²) in [6, 6.07) is 2.99. The lowest BCUT2D eigenvalue weighted by Crippen LogP contribution is -2.46. The van der Waals surface area contributed by atoms with Gasteiger partial charge < -0.3 is 9.88 Å². The molecule has 0 unspecified atom stereocenters. The molecule has 2 heterocycles. The van der Waals surface area contributed by atoms with E-state index in [-0.39, 0.29) is 24.8 Å². The fourth-order valence-electron chi connectivity index (χ4n) is 2.45. The smallest absolute Gasteiger partial charge is 0.353 e. The van der Waals surface area contributed by atoms with Crippen molar-refractivity contribution in [2.24, 2.45) is 7.05 Å². The Morgan fingerprint density at radius 1 is 1.25 bits per heavy atom. The molecule has 1 aliphatic heterocycles. The Balaban J connectivity index is 0.00000180. The molecular formula is C12H20Cl2F3N3. The Morgan fingerprint density at radius 2 is 1.85 bits per heavy atom. The average Bonchev–Trinajstić information content (AvgIpc) is 2.72. The van der Waals surface area contributed by atoms with Crippen molar-refractivity contribution in [1.29, 1.82) is 0 Å². The average molecular weight is 334 g/mol. The molecule has 118 valence electrons. The van der Waals surface area contributed by atoms with E-state index in [1.54, 1.807) is 29.9 Å². The minimum Gasteiger partial charge on any atom is -0.353 e. The molecule has 0 saturated carbocycles. The van der Waals surface area contributed by atoms with Crippen LogP contribution in [-0.2, 0) is 7.05 Å². The Kier molecular flexibility index (Phi) is 7.95. The van der Waals surface area contributed by atoms with Crippen LogP contribution in [0.15, 0.2) is 18.3 Å². The van der Waals surface area contributed by atoms with Gasteiger partial charge in [0.05, 0.1) is 12.5 Å². The zero-order chi connectivity index (χ0) is 13.2. The Morgan fingerprint density at radius 3 is 2.30 bits per heavy atom. The molecule has 0 radical (unpaired) electrons. The van der Waals surface area contributed by atoms with E-state index >= 15 is 0 Å². The summed E-state index contributed by atoms with van der Waals surface area (Å²) >= 11 is 0. The first-order valence-electron chi connectivity index (χ1n) is 6.10. The van der Waals surface area contributed by atoms with Crippen LogP contribution in [0.5, 0.6) is 0 Å². The summed E-state index contributed by atoms with van der Waals surface area (Å²) in [5.41, 5.74) is 0.731. The highest BCUT2D eigenvalue weighted by Crippen LogP contribution is 2.33. The van der Waals surface area contributed by atoms with Crippen molar-refractivity contribution < 1.29 is 13.2 Å². The minimum absolute atomic E-state index is 0. The summed E-state index contributed by atoms with van der Waals surface area (Å²) in [7, 11) is 1.79. The van der Waals surface area contributed by atoms with Crippen LogP contribution in [0.25, 0.3) is 0 Å². The number of aromatic nitrogens is 1. The zero-order valence-electron chi connectivity index (χ0n) is 11.2. The van der Waals surface area contributed by atoms with E-state index in [1.165, 1.54) is 0 Å². The monoisotopic (exact) mass is 333 g/mol. The Hall–Kier alpha value is -0.430.